The van der Waals surface area contributed by atoms with Crippen LogP contribution in [0.5, 0.6) is 0 Å². The topological polar surface area (TPSA) is 25.8 Å². The number of nitrogens with zero attached hydrogens (tertiary/aromatic N) is 2. The molecule has 2 nitrogen and oxygen atoms in total. The maximum Gasteiger partial charge on any atom is 0.0780 e. The first-order chi connectivity index (χ1) is 21.1. The van der Waals surface area contributed by atoms with Crippen LogP contribution in [0.1, 0.15) is 19.0 Å². The predicted octanol–water partition coefficient (Wildman–Crippen LogP) is 10.6. The highest BCUT2D eigenvalue weighted by molar-refractivity contribution is 5.99. The van der Waals surface area contributed by atoms with Crippen molar-refractivity contribution in [2.24, 2.45) is 5.41 Å². The number of rotatable bonds is 4. The van der Waals surface area contributed by atoms with Crippen LogP contribution >= 0.6 is 0 Å². The molecule has 2 heterocycles. The van der Waals surface area contributed by atoms with Crippen molar-refractivity contribution in [1.82, 2.24) is 9.97 Å². The lowest BCUT2D eigenvalue weighted by Gasteiger charge is -2.33. The molecule has 0 bridgehead atoms. The third kappa shape index (κ3) is 4.52. The Bertz CT molecular complexity index is 2140. The number of pyridine rings is 2. The van der Waals surface area contributed by atoms with Gasteiger partial charge in [-0.15, -0.1) is 0 Å². The third-order valence-electron chi connectivity index (χ3n) is 8.92. The molecule has 2 aliphatic rings. The average Bonchev–Trinajstić information content (AvgIpc) is 3.07. The molecule has 43 heavy (non-hydrogen) atoms. The van der Waals surface area contributed by atoms with Gasteiger partial charge >= 0.3 is 0 Å². The zero-order chi connectivity index (χ0) is 28.8. The SMILES string of the molecule is CC12C=CC=CC1=CC=C(c1cc(-c3ccc(-c4cccc5cccnc45)cc3)c3ccc(-c4ccccc4)cc3n1)C2. The molecule has 0 N–H and O–H groups in total. The van der Waals surface area contributed by atoms with Gasteiger partial charge in [-0.1, -0.05) is 134 Å². The molecular weight excluding hydrogens is 520 g/mol. The fourth-order valence-electron chi connectivity index (χ4n) is 6.55. The summed E-state index contributed by atoms with van der Waals surface area (Å²) in [6, 6.07) is 38.9. The summed E-state index contributed by atoms with van der Waals surface area (Å²) in [4.78, 5) is 9.97. The summed E-state index contributed by atoms with van der Waals surface area (Å²) in [6.45, 7) is 2.32. The van der Waals surface area contributed by atoms with Gasteiger partial charge in [-0.25, -0.2) is 4.98 Å². The Morgan fingerprint density at radius 3 is 2.30 bits per heavy atom. The van der Waals surface area contributed by atoms with Gasteiger partial charge in [-0.2, -0.15) is 0 Å². The Morgan fingerprint density at radius 2 is 1.44 bits per heavy atom. The van der Waals surface area contributed by atoms with Crippen molar-refractivity contribution in [3.05, 3.63) is 163 Å². The monoisotopic (exact) mass is 550 g/mol. The second-order valence-electron chi connectivity index (χ2n) is 11.7. The number of benzene rings is 4. The summed E-state index contributed by atoms with van der Waals surface area (Å²) in [5.74, 6) is 0. The molecule has 0 amide bonds. The number of allylic oxidation sites excluding steroid dienone is 8. The lowest BCUT2D eigenvalue weighted by atomic mass is 9.71. The minimum atomic E-state index is -0.0182. The number of para-hydroxylation sites is 1. The van der Waals surface area contributed by atoms with Gasteiger partial charge in [-0.05, 0) is 63.6 Å². The van der Waals surface area contributed by atoms with E-state index in [-0.39, 0.29) is 5.41 Å². The van der Waals surface area contributed by atoms with Crippen LogP contribution in [0, 0.1) is 5.41 Å². The second-order valence-corrected chi connectivity index (χ2v) is 11.7. The second kappa shape index (κ2) is 10.2. The van der Waals surface area contributed by atoms with Crippen molar-refractivity contribution >= 4 is 27.4 Å². The number of aromatic nitrogens is 2. The quantitative estimate of drug-likeness (QED) is 0.218. The van der Waals surface area contributed by atoms with Crippen molar-refractivity contribution in [2.75, 3.05) is 0 Å². The number of hydrogen-bond acceptors (Lipinski definition) is 2. The van der Waals surface area contributed by atoms with Crippen LogP contribution in [0.15, 0.2) is 157 Å². The standard InChI is InChI=1S/C41H30N2/c1-41-23-6-5-13-34(41)21-19-33(27-41)38-26-37(36-22-20-32(25-39(36)43-38)28-9-3-2-4-10-28)30-17-15-29(16-18-30)35-14-7-11-31-12-8-24-42-40(31)35/h2-26H,27H2,1H3. The van der Waals surface area contributed by atoms with E-state index < -0.39 is 0 Å². The largest absolute Gasteiger partial charge is 0.256 e. The van der Waals surface area contributed by atoms with Gasteiger partial charge in [0.25, 0.3) is 0 Å². The highest BCUT2D eigenvalue weighted by Gasteiger charge is 2.30. The molecule has 1 unspecified atom stereocenters. The van der Waals surface area contributed by atoms with E-state index in [1.807, 2.05) is 12.3 Å². The Morgan fingerprint density at radius 1 is 0.651 bits per heavy atom. The molecule has 6 aromatic rings. The van der Waals surface area contributed by atoms with E-state index in [0.29, 0.717) is 0 Å². The van der Waals surface area contributed by atoms with E-state index in [1.54, 1.807) is 0 Å². The van der Waals surface area contributed by atoms with Crippen LogP contribution in [-0.2, 0) is 0 Å². The van der Waals surface area contributed by atoms with Crippen LogP contribution < -0.4 is 0 Å². The first-order valence-electron chi connectivity index (χ1n) is 14.9. The van der Waals surface area contributed by atoms with E-state index in [2.05, 4.69) is 151 Å². The van der Waals surface area contributed by atoms with Gasteiger partial charge in [0.2, 0.25) is 0 Å². The van der Waals surface area contributed by atoms with Crippen molar-refractivity contribution in [3.8, 4) is 33.4 Å². The summed E-state index contributed by atoms with van der Waals surface area (Å²) in [6.07, 6.45) is 16.2. The molecule has 2 heteroatoms. The Hall–Kier alpha value is -5.34. The lowest BCUT2D eigenvalue weighted by Crippen LogP contribution is -2.20. The molecule has 0 saturated heterocycles. The molecule has 2 aliphatic carbocycles. The molecule has 0 spiro atoms. The molecule has 4 aromatic carbocycles. The number of fused-ring (bicyclic) bond motifs is 3. The molecule has 8 rings (SSSR count). The molecule has 0 radical (unpaired) electrons. The van der Waals surface area contributed by atoms with Crippen molar-refractivity contribution in [2.45, 2.75) is 13.3 Å². The van der Waals surface area contributed by atoms with Crippen LogP contribution in [0.25, 0.3) is 60.8 Å². The Balaban J connectivity index is 1.27. The molecule has 0 saturated carbocycles. The van der Waals surface area contributed by atoms with E-state index in [1.165, 1.54) is 33.4 Å². The van der Waals surface area contributed by atoms with Gasteiger partial charge in [0, 0.05) is 27.9 Å². The maximum atomic E-state index is 5.29. The van der Waals surface area contributed by atoms with Gasteiger partial charge in [0.1, 0.15) is 0 Å². The lowest BCUT2D eigenvalue weighted by molar-refractivity contribution is 0.534. The van der Waals surface area contributed by atoms with Crippen molar-refractivity contribution < 1.29 is 0 Å². The minimum absolute atomic E-state index is 0.0182. The molecule has 0 aliphatic heterocycles. The Labute approximate surface area is 252 Å². The molecule has 204 valence electrons. The van der Waals surface area contributed by atoms with E-state index in [0.717, 1.165) is 45.0 Å². The maximum absolute atomic E-state index is 5.29. The van der Waals surface area contributed by atoms with Gasteiger partial charge in [0.05, 0.1) is 16.7 Å². The van der Waals surface area contributed by atoms with E-state index in [9.17, 15) is 0 Å². The Kier molecular flexibility index (Phi) is 6.01. The zero-order valence-electron chi connectivity index (χ0n) is 24.0. The minimum Gasteiger partial charge on any atom is -0.256 e. The summed E-state index contributed by atoms with van der Waals surface area (Å²) in [5.41, 5.74) is 12.7. The highest BCUT2D eigenvalue weighted by Crippen LogP contribution is 2.45. The molecule has 1 atom stereocenters. The molecule has 0 fully saturated rings. The van der Waals surface area contributed by atoms with Gasteiger partial charge in [0.15, 0.2) is 0 Å². The smallest absolute Gasteiger partial charge is 0.0780 e. The fraction of sp³-hybridized carbons (Fsp3) is 0.0732. The van der Waals surface area contributed by atoms with Gasteiger partial charge < -0.3 is 0 Å². The first kappa shape index (κ1) is 25.4. The molecular formula is C41H30N2. The summed E-state index contributed by atoms with van der Waals surface area (Å²) in [5, 5.41) is 2.31. The van der Waals surface area contributed by atoms with E-state index in [4.69, 9.17) is 4.98 Å². The van der Waals surface area contributed by atoms with Gasteiger partial charge in [-0.3, -0.25) is 4.98 Å². The van der Waals surface area contributed by atoms with Crippen LogP contribution in [0.4, 0.5) is 0 Å². The summed E-state index contributed by atoms with van der Waals surface area (Å²) < 4.78 is 0. The normalized spacial score (nSPS) is 17.5. The summed E-state index contributed by atoms with van der Waals surface area (Å²) in [7, 11) is 0. The van der Waals surface area contributed by atoms with Crippen LogP contribution in [0.3, 0.4) is 0 Å². The van der Waals surface area contributed by atoms with Crippen LogP contribution in [0.2, 0.25) is 0 Å². The molecule has 2 aromatic heterocycles. The first-order valence-corrected chi connectivity index (χ1v) is 14.9. The van der Waals surface area contributed by atoms with Crippen molar-refractivity contribution in [3.63, 3.8) is 0 Å². The van der Waals surface area contributed by atoms with Crippen molar-refractivity contribution in [1.29, 1.82) is 0 Å². The zero-order valence-corrected chi connectivity index (χ0v) is 24.0. The van der Waals surface area contributed by atoms with E-state index >= 15 is 0 Å². The van der Waals surface area contributed by atoms with Crippen LogP contribution in [-0.4, -0.2) is 9.97 Å². The fourth-order valence-corrected chi connectivity index (χ4v) is 6.55. The highest BCUT2D eigenvalue weighted by atomic mass is 14.7. The summed E-state index contributed by atoms with van der Waals surface area (Å²) >= 11 is 0. The third-order valence-corrected chi connectivity index (χ3v) is 8.92. The number of hydrogen-bond donors (Lipinski definition) is 0. The average molecular weight is 551 g/mol. The predicted molar refractivity (Wildman–Crippen MR) is 180 cm³/mol.